The van der Waals surface area contributed by atoms with E-state index in [-0.39, 0.29) is 17.1 Å². The first-order valence-electron chi connectivity index (χ1n) is 8.38. The van der Waals surface area contributed by atoms with Crippen molar-refractivity contribution in [3.05, 3.63) is 41.0 Å². The minimum atomic E-state index is -0.422. The average Bonchev–Trinajstić information content (AvgIpc) is 2.72. The van der Waals surface area contributed by atoms with E-state index in [0.717, 1.165) is 0 Å². The summed E-state index contributed by atoms with van der Waals surface area (Å²) in [6.45, 7) is 1.66. The van der Waals surface area contributed by atoms with E-state index in [2.05, 4.69) is 0 Å². The third-order valence-corrected chi connectivity index (χ3v) is 4.27. The predicted octanol–water partition coefficient (Wildman–Crippen LogP) is 3.64. The number of carbonyl (C=O) groups is 1. The van der Waals surface area contributed by atoms with Crippen LogP contribution < -0.4 is 23.7 Å². The predicted molar refractivity (Wildman–Crippen MR) is 105 cm³/mol. The number of rotatable bonds is 8. The Morgan fingerprint density at radius 2 is 1.36 bits per heavy atom. The Morgan fingerprint density at radius 3 is 1.82 bits per heavy atom. The van der Waals surface area contributed by atoms with Gasteiger partial charge in [-0.3, -0.25) is 4.79 Å². The lowest BCUT2D eigenvalue weighted by Crippen LogP contribution is -2.02. The Kier molecular flexibility index (Phi) is 6.76. The minimum absolute atomic E-state index is 0.0597. The van der Waals surface area contributed by atoms with Gasteiger partial charge in [-0.15, -0.1) is 0 Å². The number of benzene rings is 2. The second-order valence-electron chi connectivity index (χ2n) is 5.79. The molecule has 0 aliphatic heterocycles. The molecular formula is C21H24O7. The summed E-state index contributed by atoms with van der Waals surface area (Å²) >= 11 is 0. The summed E-state index contributed by atoms with van der Waals surface area (Å²) in [5, 5.41) is 10.5. The van der Waals surface area contributed by atoms with Crippen molar-refractivity contribution in [1.82, 2.24) is 0 Å². The number of hydrogen-bond acceptors (Lipinski definition) is 7. The molecule has 0 aliphatic rings. The molecule has 7 heteroatoms. The van der Waals surface area contributed by atoms with Crippen LogP contribution in [0.5, 0.6) is 34.5 Å². The van der Waals surface area contributed by atoms with Gasteiger partial charge in [-0.1, -0.05) is 6.08 Å². The summed E-state index contributed by atoms with van der Waals surface area (Å²) in [7, 11) is 7.44. The van der Waals surface area contributed by atoms with Crippen molar-refractivity contribution < 1.29 is 33.6 Å². The molecule has 0 bridgehead atoms. The number of methoxy groups -OCH3 is 5. The zero-order chi connectivity index (χ0) is 20.8. The summed E-state index contributed by atoms with van der Waals surface area (Å²) in [5.74, 6) is 1.44. The standard InChI is InChI=1S/C21H24O7/c1-12-15(24-2)11-16(25-3)19(20(12)23)14(22)8-7-13-9-17(26-4)21(28-6)18(10-13)27-5/h7-11,23H,1-6H3/b8-7+. The van der Waals surface area contributed by atoms with Gasteiger partial charge in [0.05, 0.1) is 35.5 Å². The van der Waals surface area contributed by atoms with Gasteiger partial charge < -0.3 is 28.8 Å². The Labute approximate surface area is 164 Å². The Bertz CT molecular complexity index is 875. The quantitative estimate of drug-likeness (QED) is 0.546. The van der Waals surface area contributed by atoms with E-state index in [1.54, 1.807) is 31.2 Å². The molecule has 0 atom stereocenters. The van der Waals surface area contributed by atoms with E-state index >= 15 is 0 Å². The van der Waals surface area contributed by atoms with Crippen molar-refractivity contribution in [2.75, 3.05) is 35.5 Å². The number of phenolic OH excluding ortho intramolecular Hbond substituents is 1. The van der Waals surface area contributed by atoms with Gasteiger partial charge in [0.25, 0.3) is 0 Å². The molecule has 0 saturated carbocycles. The fourth-order valence-electron chi connectivity index (χ4n) is 2.78. The maximum Gasteiger partial charge on any atom is 0.203 e. The van der Waals surface area contributed by atoms with Gasteiger partial charge in [0, 0.05) is 11.6 Å². The number of phenols is 1. The first-order chi connectivity index (χ1) is 13.4. The monoisotopic (exact) mass is 388 g/mol. The highest BCUT2D eigenvalue weighted by Crippen LogP contribution is 2.40. The molecule has 0 saturated heterocycles. The van der Waals surface area contributed by atoms with Crippen molar-refractivity contribution in [3.8, 4) is 34.5 Å². The van der Waals surface area contributed by atoms with Crippen LogP contribution in [0.1, 0.15) is 21.5 Å². The lowest BCUT2D eigenvalue weighted by molar-refractivity contribution is 0.104. The molecule has 0 aromatic heterocycles. The van der Waals surface area contributed by atoms with Crippen LogP contribution in [0, 0.1) is 6.92 Å². The smallest absolute Gasteiger partial charge is 0.203 e. The molecule has 0 aliphatic carbocycles. The van der Waals surface area contributed by atoms with Gasteiger partial charge in [-0.2, -0.15) is 0 Å². The first kappa shape index (κ1) is 21.0. The number of hydrogen-bond donors (Lipinski definition) is 1. The van der Waals surface area contributed by atoms with E-state index in [9.17, 15) is 9.90 Å². The third-order valence-electron chi connectivity index (χ3n) is 4.27. The highest BCUT2D eigenvalue weighted by Gasteiger charge is 2.21. The van der Waals surface area contributed by atoms with E-state index in [1.165, 1.54) is 41.6 Å². The fourth-order valence-corrected chi connectivity index (χ4v) is 2.78. The van der Waals surface area contributed by atoms with Gasteiger partial charge in [0.1, 0.15) is 22.8 Å². The number of carbonyl (C=O) groups excluding carboxylic acids is 1. The van der Waals surface area contributed by atoms with Crippen LogP contribution in [-0.4, -0.2) is 46.4 Å². The number of ether oxygens (including phenoxy) is 5. The SMILES string of the molecule is COc1cc(OC)c(C(=O)/C=C/c2cc(OC)c(OC)c(OC)c2)c(O)c1C. The molecule has 2 aromatic rings. The van der Waals surface area contributed by atoms with Crippen LogP contribution in [-0.2, 0) is 0 Å². The molecule has 0 amide bonds. The lowest BCUT2D eigenvalue weighted by Gasteiger charge is -2.14. The maximum absolute atomic E-state index is 12.7. The van der Waals surface area contributed by atoms with E-state index in [1.807, 2.05) is 0 Å². The van der Waals surface area contributed by atoms with Gasteiger partial charge in [0.2, 0.25) is 5.75 Å². The largest absolute Gasteiger partial charge is 0.507 e. The summed E-state index contributed by atoms with van der Waals surface area (Å²) in [4.78, 5) is 12.7. The Morgan fingerprint density at radius 1 is 0.821 bits per heavy atom. The molecule has 0 radical (unpaired) electrons. The minimum Gasteiger partial charge on any atom is -0.507 e. The molecule has 28 heavy (non-hydrogen) atoms. The Hall–Kier alpha value is -3.35. The van der Waals surface area contributed by atoms with Crippen molar-refractivity contribution in [3.63, 3.8) is 0 Å². The number of aromatic hydroxyl groups is 1. The molecule has 2 rings (SSSR count). The van der Waals surface area contributed by atoms with Crippen LogP contribution in [0.15, 0.2) is 24.3 Å². The molecule has 0 heterocycles. The summed E-state index contributed by atoms with van der Waals surface area (Å²) in [6, 6.07) is 4.98. The van der Waals surface area contributed by atoms with Crippen LogP contribution in [0.2, 0.25) is 0 Å². The second-order valence-corrected chi connectivity index (χ2v) is 5.79. The number of ketones is 1. The molecule has 0 spiro atoms. The van der Waals surface area contributed by atoms with Crippen molar-refractivity contribution >= 4 is 11.9 Å². The zero-order valence-corrected chi connectivity index (χ0v) is 16.8. The van der Waals surface area contributed by atoms with Crippen LogP contribution >= 0.6 is 0 Å². The average molecular weight is 388 g/mol. The van der Waals surface area contributed by atoms with Crippen molar-refractivity contribution in [1.29, 1.82) is 0 Å². The Balaban J connectivity index is 2.46. The van der Waals surface area contributed by atoms with Crippen LogP contribution in [0.25, 0.3) is 6.08 Å². The maximum atomic E-state index is 12.7. The van der Waals surface area contributed by atoms with Gasteiger partial charge in [-0.05, 0) is 30.7 Å². The highest BCUT2D eigenvalue weighted by atomic mass is 16.5. The van der Waals surface area contributed by atoms with Gasteiger partial charge in [0.15, 0.2) is 17.3 Å². The van der Waals surface area contributed by atoms with E-state index < -0.39 is 5.78 Å². The van der Waals surface area contributed by atoms with E-state index in [4.69, 9.17) is 23.7 Å². The second kappa shape index (κ2) is 9.03. The topological polar surface area (TPSA) is 83.5 Å². The summed E-state index contributed by atoms with van der Waals surface area (Å²) in [5.41, 5.74) is 1.17. The molecule has 7 nitrogen and oxygen atoms in total. The summed E-state index contributed by atoms with van der Waals surface area (Å²) < 4.78 is 26.4. The summed E-state index contributed by atoms with van der Waals surface area (Å²) in [6.07, 6.45) is 2.93. The fraction of sp³-hybridized carbons (Fsp3) is 0.286. The highest BCUT2D eigenvalue weighted by molar-refractivity contribution is 6.11. The molecule has 0 fully saturated rings. The molecule has 150 valence electrons. The van der Waals surface area contributed by atoms with Crippen LogP contribution in [0.4, 0.5) is 0 Å². The normalized spacial score (nSPS) is 10.6. The third kappa shape index (κ3) is 3.98. The molecule has 0 unspecified atom stereocenters. The van der Waals surface area contributed by atoms with E-state index in [0.29, 0.717) is 34.1 Å². The van der Waals surface area contributed by atoms with Crippen molar-refractivity contribution in [2.24, 2.45) is 0 Å². The molecule has 2 aromatic carbocycles. The molecule has 1 N–H and O–H groups in total. The zero-order valence-electron chi connectivity index (χ0n) is 16.8. The van der Waals surface area contributed by atoms with Crippen molar-refractivity contribution in [2.45, 2.75) is 6.92 Å². The van der Waals surface area contributed by atoms with Crippen LogP contribution in [0.3, 0.4) is 0 Å². The van der Waals surface area contributed by atoms with Gasteiger partial charge >= 0.3 is 0 Å². The lowest BCUT2D eigenvalue weighted by atomic mass is 10.0. The van der Waals surface area contributed by atoms with Gasteiger partial charge in [-0.25, -0.2) is 0 Å². The first-order valence-corrected chi connectivity index (χ1v) is 8.38. The molecular weight excluding hydrogens is 364 g/mol. The number of allylic oxidation sites excluding steroid dienone is 1.